The molecular weight excluding hydrogens is 276 g/mol. The van der Waals surface area contributed by atoms with E-state index in [-0.39, 0.29) is 17.3 Å². The van der Waals surface area contributed by atoms with Crippen LogP contribution in [-0.4, -0.2) is 56.5 Å². The van der Waals surface area contributed by atoms with Crippen LogP contribution in [0.4, 0.5) is 4.79 Å². The summed E-state index contributed by atoms with van der Waals surface area (Å²) in [5.74, 6) is 0.652. The van der Waals surface area contributed by atoms with Gasteiger partial charge in [-0.25, -0.2) is 4.79 Å². The van der Waals surface area contributed by atoms with Crippen LogP contribution in [0.1, 0.15) is 45.4 Å². The number of aliphatic hydroxyl groups is 1. The molecule has 1 saturated heterocycles. The highest BCUT2D eigenvalue weighted by Crippen LogP contribution is 2.23. The van der Waals surface area contributed by atoms with Crippen molar-refractivity contribution >= 4 is 16.8 Å². The van der Waals surface area contributed by atoms with Gasteiger partial charge in [0.2, 0.25) is 0 Å². The molecule has 6 heteroatoms. The fourth-order valence-electron chi connectivity index (χ4n) is 3.18. The third-order valence-corrected chi connectivity index (χ3v) is 6.13. The lowest BCUT2D eigenvalue weighted by atomic mass is 9.95. The predicted molar refractivity (Wildman–Crippen MR) is 80.1 cm³/mol. The van der Waals surface area contributed by atoms with Crippen molar-refractivity contribution in [1.82, 2.24) is 10.2 Å². The molecule has 0 spiro atoms. The molecule has 4 atom stereocenters. The van der Waals surface area contributed by atoms with Gasteiger partial charge in [-0.2, -0.15) is 0 Å². The summed E-state index contributed by atoms with van der Waals surface area (Å²) in [6.07, 6.45) is 5.27. The first-order valence-electron chi connectivity index (χ1n) is 7.72. The van der Waals surface area contributed by atoms with Gasteiger partial charge >= 0.3 is 6.03 Å². The zero-order valence-corrected chi connectivity index (χ0v) is 13.0. The van der Waals surface area contributed by atoms with Crippen molar-refractivity contribution in [1.29, 1.82) is 0 Å². The van der Waals surface area contributed by atoms with E-state index in [1.165, 1.54) is 0 Å². The van der Waals surface area contributed by atoms with Crippen molar-refractivity contribution in [3.05, 3.63) is 0 Å². The number of hydrogen-bond donors (Lipinski definition) is 2. The molecule has 0 bridgehead atoms. The van der Waals surface area contributed by atoms with E-state index in [2.05, 4.69) is 5.32 Å². The second-order valence-electron chi connectivity index (χ2n) is 5.79. The quantitative estimate of drug-likeness (QED) is 0.824. The Morgan fingerprint density at radius 2 is 2.05 bits per heavy atom. The minimum Gasteiger partial charge on any atom is -0.391 e. The number of amides is 2. The number of carbonyl (C=O) groups is 1. The fraction of sp³-hybridized carbons (Fsp3) is 0.929. The maximum Gasteiger partial charge on any atom is 0.317 e. The number of nitrogens with zero attached hydrogens (tertiary/aromatic N) is 1. The van der Waals surface area contributed by atoms with Crippen molar-refractivity contribution in [2.75, 3.05) is 18.8 Å². The molecule has 116 valence electrons. The van der Waals surface area contributed by atoms with Gasteiger partial charge in [-0.15, -0.1) is 0 Å². The van der Waals surface area contributed by atoms with Crippen LogP contribution in [0.15, 0.2) is 0 Å². The average molecular weight is 302 g/mol. The van der Waals surface area contributed by atoms with Crippen LogP contribution in [0.3, 0.4) is 0 Å². The van der Waals surface area contributed by atoms with Crippen molar-refractivity contribution in [3.8, 4) is 0 Å². The molecule has 1 aliphatic heterocycles. The number of hydrogen-bond acceptors (Lipinski definition) is 3. The van der Waals surface area contributed by atoms with Crippen molar-refractivity contribution < 1.29 is 14.1 Å². The van der Waals surface area contributed by atoms with E-state index >= 15 is 0 Å². The Labute approximate surface area is 123 Å². The molecule has 2 N–H and O–H groups in total. The van der Waals surface area contributed by atoms with Crippen LogP contribution in [0.5, 0.6) is 0 Å². The Morgan fingerprint density at radius 3 is 2.75 bits per heavy atom. The summed E-state index contributed by atoms with van der Waals surface area (Å²) in [4.78, 5) is 14.0. The Hall–Kier alpha value is -0.620. The molecular formula is C14H26N2O3S. The van der Waals surface area contributed by atoms with E-state index in [0.717, 1.165) is 38.5 Å². The van der Waals surface area contributed by atoms with Gasteiger partial charge in [-0.05, 0) is 25.7 Å². The first-order valence-corrected chi connectivity index (χ1v) is 9.10. The number of nitrogens with one attached hydrogen (secondary N) is 1. The summed E-state index contributed by atoms with van der Waals surface area (Å²) in [5, 5.41) is 12.8. The molecule has 0 aromatic heterocycles. The summed E-state index contributed by atoms with van der Waals surface area (Å²) in [5.41, 5.74) is 0. The number of likely N-dealkylation sites (tertiary alicyclic amines) is 1. The largest absolute Gasteiger partial charge is 0.391 e. The highest BCUT2D eigenvalue weighted by atomic mass is 32.2. The van der Waals surface area contributed by atoms with E-state index in [9.17, 15) is 14.1 Å². The third kappa shape index (κ3) is 3.95. The number of carbonyl (C=O) groups excluding carboxylic acids is 1. The zero-order valence-electron chi connectivity index (χ0n) is 12.2. The standard InChI is InChI=1S/C14H26N2O3S/c1-2-20(19)13-8-4-3-7-12(13)15-14(18)16-9-5-6-11(17)10-16/h11-13,17H,2-10H2,1H3,(H,15,18)/t11-,12+,13-,20+/m1/s1. The molecule has 1 saturated carbocycles. The lowest BCUT2D eigenvalue weighted by molar-refractivity contribution is 0.0828. The van der Waals surface area contributed by atoms with Crippen LogP contribution in [0.2, 0.25) is 0 Å². The van der Waals surface area contributed by atoms with Gasteiger partial charge in [0.15, 0.2) is 0 Å². The van der Waals surface area contributed by atoms with Gasteiger partial charge in [0.1, 0.15) is 0 Å². The summed E-state index contributed by atoms with van der Waals surface area (Å²) in [7, 11) is -0.854. The minimum atomic E-state index is -0.854. The van der Waals surface area contributed by atoms with Gasteiger partial charge in [-0.1, -0.05) is 19.8 Å². The summed E-state index contributed by atoms with van der Waals surface area (Å²) >= 11 is 0. The number of urea groups is 1. The van der Waals surface area contributed by atoms with Gasteiger partial charge in [-0.3, -0.25) is 4.21 Å². The molecule has 5 nitrogen and oxygen atoms in total. The molecule has 20 heavy (non-hydrogen) atoms. The number of rotatable bonds is 3. The molecule has 2 aliphatic rings. The molecule has 0 radical (unpaired) electrons. The first kappa shape index (κ1) is 15.8. The van der Waals surface area contributed by atoms with Crippen molar-refractivity contribution in [2.24, 2.45) is 0 Å². The monoisotopic (exact) mass is 302 g/mol. The van der Waals surface area contributed by atoms with E-state index in [1.807, 2.05) is 6.92 Å². The molecule has 0 aromatic carbocycles. The van der Waals surface area contributed by atoms with E-state index < -0.39 is 16.9 Å². The summed E-state index contributed by atoms with van der Waals surface area (Å²) in [6.45, 7) is 3.06. The van der Waals surface area contributed by atoms with Gasteiger partial charge < -0.3 is 15.3 Å². The van der Waals surface area contributed by atoms with E-state index in [4.69, 9.17) is 0 Å². The van der Waals surface area contributed by atoms with Gasteiger partial charge in [0.25, 0.3) is 0 Å². The normalized spacial score (nSPS) is 32.7. The van der Waals surface area contributed by atoms with Gasteiger partial charge in [0.05, 0.1) is 11.4 Å². The van der Waals surface area contributed by atoms with E-state index in [0.29, 0.717) is 18.8 Å². The van der Waals surface area contributed by atoms with Crippen molar-refractivity contribution in [2.45, 2.75) is 62.8 Å². The van der Waals surface area contributed by atoms with Crippen LogP contribution in [0, 0.1) is 0 Å². The Kier molecular flexibility index (Phi) is 5.84. The second-order valence-corrected chi connectivity index (χ2v) is 7.73. The molecule has 1 aliphatic carbocycles. The topological polar surface area (TPSA) is 69.6 Å². The Bertz CT molecular complexity index is 364. The minimum absolute atomic E-state index is 0.0242. The smallest absolute Gasteiger partial charge is 0.317 e. The molecule has 1 heterocycles. The lowest BCUT2D eigenvalue weighted by Gasteiger charge is -2.35. The van der Waals surface area contributed by atoms with Gasteiger partial charge in [0, 0.05) is 35.7 Å². The highest BCUT2D eigenvalue weighted by Gasteiger charge is 2.32. The molecule has 0 unspecified atom stereocenters. The SMILES string of the molecule is CC[S@](=O)[C@@H]1CCCC[C@@H]1NC(=O)N1CCC[C@@H](O)C1. The third-order valence-electron chi connectivity index (χ3n) is 4.32. The molecule has 2 rings (SSSR count). The highest BCUT2D eigenvalue weighted by molar-refractivity contribution is 7.85. The van der Waals surface area contributed by atoms with Crippen LogP contribution >= 0.6 is 0 Å². The number of aliphatic hydroxyl groups excluding tert-OH is 1. The Balaban J connectivity index is 1.92. The summed E-state index contributed by atoms with van der Waals surface area (Å²) < 4.78 is 12.1. The van der Waals surface area contributed by atoms with Crippen molar-refractivity contribution in [3.63, 3.8) is 0 Å². The first-order chi connectivity index (χ1) is 9.61. The maximum atomic E-state index is 12.3. The zero-order chi connectivity index (χ0) is 14.5. The predicted octanol–water partition coefficient (Wildman–Crippen LogP) is 1.23. The average Bonchev–Trinajstić information content (AvgIpc) is 2.47. The fourth-order valence-corrected chi connectivity index (χ4v) is 4.61. The maximum absolute atomic E-state index is 12.3. The second kappa shape index (κ2) is 7.41. The van der Waals surface area contributed by atoms with Crippen LogP contribution in [-0.2, 0) is 10.8 Å². The van der Waals surface area contributed by atoms with E-state index in [1.54, 1.807) is 4.90 Å². The molecule has 2 fully saturated rings. The lowest BCUT2D eigenvalue weighted by Crippen LogP contribution is -2.54. The van der Waals surface area contributed by atoms with Crippen LogP contribution < -0.4 is 5.32 Å². The Morgan fingerprint density at radius 1 is 1.30 bits per heavy atom. The molecule has 2 amide bonds. The summed E-state index contributed by atoms with van der Waals surface area (Å²) in [6, 6.07) is -0.0788. The number of β-amino-alcohol motifs (C(OH)–C–C–N with tert-alkyl or cyclic N) is 1. The number of piperidine rings is 1. The molecule has 0 aromatic rings. The van der Waals surface area contributed by atoms with Crippen LogP contribution in [0.25, 0.3) is 0 Å².